The van der Waals surface area contributed by atoms with Crippen LogP contribution in [-0.4, -0.2) is 15.7 Å². The molecule has 0 atom stereocenters. The minimum Gasteiger partial charge on any atom is -0.318 e. The lowest BCUT2D eigenvalue weighted by molar-refractivity contribution is -0.115. The Morgan fingerprint density at radius 3 is 2.48 bits per heavy atom. The van der Waals surface area contributed by atoms with Crippen LogP contribution in [-0.2, 0) is 4.79 Å². The van der Waals surface area contributed by atoms with Crippen molar-refractivity contribution >= 4 is 29.0 Å². The fourth-order valence-electron chi connectivity index (χ4n) is 2.47. The molecule has 1 saturated heterocycles. The third-order valence-corrected chi connectivity index (χ3v) is 4.22. The summed E-state index contributed by atoms with van der Waals surface area (Å²) >= 11 is 0.940. The van der Waals surface area contributed by atoms with Crippen LogP contribution in [0.25, 0.3) is 11.8 Å². The summed E-state index contributed by atoms with van der Waals surface area (Å²) in [6.45, 7) is 4.03. The Hall–Kier alpha value is -2.27. The van der Waals surface area contributed by atoms with Crippen molar-refractivity contribution in [2.45, 2.75) is 13.8 Å². The number of nitrogens with zero attached hydrogens (tertiary/aromatic N) is 1. The predicted octanol–water partition coefficient (Wildman–Crippen LogP) is 3.42. The van der Waals surface area contributed by atoms with E-state index in [1.807, 2.05) is 50.2 Å². The summed E-state index contributed by atoms with van der Waals surface area (Å²) in [7, 11) is 0. The maximum Gasteiger partial charge on any atom is 0.290 e. The van der Waals surface area contributed by atoms with E-state index < -0.39 is 0 Å². The summed E-state index contributed by atoms with van der Waals surface area (Å²) in [5.74, 6) is -0.325. The Morgan fingerprint density at radius 1 is 1.14 bits per heavy atom. The minimum atomic E-state index is -0.325. The van der Waals surface area contributed by atoms with Crippen molar-refractivity contribution in [2.75, 3.05) is 0 Å². The van der Waals surface area contributed by atoms with Gasteiger partial charge >= 0.3 is 0 Å². The fourth-order valence-corrected chi connectivity index (χ4v) is 3.14. The number of carbonyl (C=O) groups is 2. The fraction of sp³-hybridized carbons (Fsp3) is 0.125. The largest absolute Gasteiger partial charge is 0.318 e. The van der Waals surface area contributed by atoms with E-state index in [-0.39, 0.29) is 11.1 Å². The quantitative estimate of drug-likeness (QED) is 0.864. The number of para-hydroxylation sites is 1. The minimum absolute atomic E-state index is 0.317. The van der Waals surface area contributed by atoms with E-state index in [9.17, 15) is 9.59 Å². The number of hydrogen-bond donors (Lipinski definition) is 1. The van der Waals surface area contributed by atoms with E-state index in [4.69, 9.17) is 0 Å². The van der Waals surface area contributed by atoms with Gasteiger partial charge in [0, 0.05) is 17.1 Å². The maximum atomic E-state index is 11.6. The van der Waals surface area contributed by atoms with E-state index in [1.54, 1.807) is 6.08 Å². The molecule has 2 heterocycles. The molecule has 106 valence electrons. The highest BCUT2D eigenvalue weighted by molar-refractivity contribution is 8.18. The zero-order chi connectivity index (χ0) is 15.0. The van der Waals surface area contributed by atoms with Gasteiger partial charge in [-0.2, -0.15) is 0 Å². The van der Waals surface area contributed by atoms with Crippen LogP contribution in [0, 0.1) is 13.8 Å². The monoisotopic (exact) mass is 298 g/mol. The Morgan fingerprint density at radius 2 is 1.86 bits per heavy atom. The van der Waals surface area contributed by atoms with Crippen LogP contribution in [0.1, 0.15) is 17.0 Å². The number of benzene rings is 1. The van der Waals surface area contributed by atoms with Crippen molar-refractivity contribution in [2.24, 2.45) is 0 Å². The first-order chi connectivity index (χ1) is 10.1. The second kappa shape index (κ2) is 5.26. The van der Waals surface area contributed by atoms with Gasteiger partial charge in [0.25, 0.3) is 11.1 Å². The van der Waals surface area contributed by atoms with E-state index in [0.29, 0.717) is 4.91 Å². The van der Waals surface area contributed by atoms with Gasteiger partial charge in [-0.05, 0) is 55.4 Å². The van der Waals surface area contributed by atoms with Crippen molar-refractivity contribution in [3.8, 4) is 5.69 Å². The maximum absolute atomic E-state index is 11.6. The summed E-state index contributed by atoms with van der Waals surface area (Å²) in [6.07, 6.45) is 1.77. The molecule has 1 aromatic carbocycles. The van der Waals surface area contributed by atoms with Crippen LogP contribution in [0.15, 0.2) is 41.3 Å². The molecule has 0 aliphatic carbocycles. The van der Waals surface area contributed by atoms with Crippen LogP contribution in [0.2, 0.25) is 0 Å². The number of aromatic nitrogens is 1. The second-order valence-electron chi connectivity index (χ2n) is 4.85. The number of aryl methyl sites for hydroxylation is 1. The van der Waals surface area contributed by atoms with Crippen LogP contribution < -0.4 is 5.32 Å². The molecule has 1 aliphatic rings. The summed E-state index contributed by atoms with van der Waals surface area (Å²) in [6, 6.07) is 12.1. The summed E-state index contributed by atoms with van der Waals surface area (Å²) in [4.78, 5) is 23.3. The first-order valence-corrected chi connectivity index (χ1v) is 7.37. The molecule has 3 rings (SSSR count). The highest BCUT2D eigenvalue weighted by Gasteiger charge is 2.25. The number of amides is 2. The molecule has 1 fully saturated rings. The molecule has 4 nitrogen and oxygen atoms in total. The first kappa shape index (κ1) is 13.7. The molecule has 0 unspecified atom stereocenters. The predicted molar refractivity (Wildman–Crippen MR) is 84.3 cm³/mol. The van der Waals surface area contributed by atoms with Crippen LogP contribution in [0.5, 0.6) is 0 Å². The zero-order valence-corrected chi connectivity index (χ0v) is 12.5. The van der Waals surface area contributed by atoms with Crippen molar-refractivity contribution in [1.82, 2.24) is 9.88 Å². The van der Waals surface area contributed by atoms with Gasteiger partial charge in [0.1, 0.15) is 0 Å². The van der Waals surface area contributed by atoms with E-state index >= 15 is 0 Å². The molecule has 2 amide bonds. The molecule has 21 heavy (non-hydrogen) atoms. The van der Waals surface area contributed by atoms with Crippen molar-refractivity contribution in [3.05, 3.63) is 58.3 Å². The molecule has 0 bridgehead atoms. The van der Waals surface area contributed by atoms with Gasteiger partial charge in [0.15, 0.2) is 0 Å². The number of hydrogen-bond acceptors (Lipinski definition) is 3. The van der Waals surface area contributed by atoms with Gasteiger partial charge in [0.2, 0.25) is 0 Å². The number of rotatable bonds is 2. The molecule has 1 aliphatic heterocycles. The Kier molecular flexibility index (Phi) is 3.43. The third-order valence-electron chi connectivity index (χ3n) is 3.41. The average molecular weight is 298 g/mol. The highest BCUT2D eigenvalue weighted by Crippen LogP contribution is 2.28. The summed E-state index contributed by atoms with van der Waals surface area (Å²) in [5, 5.41) is 1.95. The van der Waals surface area contributed by atoms with Gasteiger partial charge < -0.3 is 4.57 Å². The number of nitrogens with one attached hydrogen (secondary N) is 1. The number of imide groups is 1. The van der Waals surface area contributed by atoms with Crippen molar-refractivity contribution < 1.29 is 9.59 Å². The normalized spacial score (nSPS) is 16.6. The van der Waals surface area contributed by atoms with Gasteiger partial charge in [-0.15, -0.1) is 0 Å². The van der Waals surface area contributed by atoms with Gasteiger partial charge in [-0.1, -0.05) is 18.2 Å². The lowest BCUT2D eigenvalue weighted by Crippen LogP contribution is -2.17. The Labute approximate surface area is 126 Å². The number of carbonyl (C=O) groups excluding carboxylic acids is 2. The van der Waals surface area contributed by atoms with Gasteiger partial charge in [-0.3, -0.25) is 14.9 Å². The number of thioether (sulfide) groups is 1. The van der Waals surface area contributed by atoms with E-state index in [2.05, 4.69) is 9.88 Å². The van der Waals surface area contributed by atoms with Gasteiger partial charge in [0.05, 0.1) is 4.91 Å². The molecule has 1 N–H and O–H groups in total. The topological polar surface area (TPSA) is 51.1 Å². The van der Waals surface area contributed by atoms with E-state index in [0.717, 1.165) is 34.4 Å². The van der Waals surface area contributed by atoms with Crippen LogP contribution >= 0.6 is 11.8 Å². The standard InChI is InChI=1S/C16H14N2O2S/c1-10-8-12(9-14-15(19)17-16(20)21-14)11(2)18(10)13-6-4-3-5-7-13/h3-9H,1-2H3,(H,17,19,20)/b14-9+. The third kappa shape index (κ3) is 2.52. The second-order valence-corrected chi connectivity index (χ2v) is 5.86. The Balaban J connectivity index is 2.05. The molecule has 0 radical (unpaired) electrons. The molecular formula is C16H14N2O2S. The zero-order valence-electron chi connectivity index (χ0n) is 11.7. The van der Waals surface area contributed by atoms with Crippen LogP contribution in [0.4, 0.5) is 4.79 Å². The molecular weight excluding hydrogens is 284 g/mol. The lowest BCUT2D eigenvalue weighted by Gasteiger charge is -2.09. The first-order valence-electron chi connectivity index (χ1n) is 6.55. The molecule has 1 aromatic heterocycles. The molecule has 0 spiro atoms. The van der Waals surface area contributed by atoms with Crippen LogP contribution in [0.3, 0.4) is 0 Å². The average Bonchev–Trinajstić information content (AvgIpc) is 2.91. The smallest absolute Gasteiger partial charge is 0.290 e. The van der Waals surface area contributed by atoms with Crippen molar-refractivity contribution in [1.29, 1.82) is 0 Å². The molecule has 0 saturated carbocycles. The highest BCUT2D eigenvalue weighted by atomic mass is 32.2. The van der Waals surface area contributed by atoms with Crippen molar-refractivity contribution in [3.63, 3.8) is 0 Å². The Bertz CT molecular complexity index is 760. The molecule has 5 heteroatoms. The van der Waals surface area contributed by atoms with E-state index in [1.165, 1.54) is 0 Å². The summed E-state index contributed by atoms with van der Waals surface area (Å²) in [5.41, 5.74) is 4.15. The molecule has 2 aromatic rings. The van der Waals surface area contributed by atoms with Gasteiger partial charge in [-0.25, -0.2) is 0 Å². The summed E-state index contributed by atoms with van der Waals surface area (Å²) < 4.78 is 2.13. The SMILES string of the molecule is Cc1cc(/C=C2/SC(=O)NC2=O)c(C)n1-c1ccccc1. The lowest BCUT2D eigenvalue weighted by atomic mass is 10.2.